The van der Waals surface area contributed by atoms with Crippen molar-refractivity contribution >= 4 is 8.51 Å². The van der Waals surface area contributed by atoms with Gasteiger partial charge in [-0.2, -0.15) is 0 Å². The van der Waals surface area contributed by atoms with Crippen LogP contribution in [0.5, 0.6) is 0 Å². The topological polar surface area (TPSA) is 28.7 Å². The second-order valence-electron chi connectivity index (χ2n) is 4.72. The Morgan fingerprint density at radius 2 is 1.67 bits per heavy atom. The summed E-state index contributed by atoms with van der Waals surface area (Å²) in [6, 6.07) is 0. The first-order valence-corrected chi connectivity index (χ1v) is 7.10. The van der Waals surface area contributed by atoms with E-state index in [0.717, 1.165) is 14.4 Å². The maximum atomic E-state index is 4.58. The molecule has 0 aliphatic heterocycles. The van der Waals surface area contributed by atoms with Crippen molar-refractivity contribution in [2.45, 2.75) is 64.2 Å². The van der Waals surface area contributed by atoms with Gasteiger partial charge in [-0.3, -0.25) is 0 Å². The molecule has 1 N–H and O–H groups in total. The third kappa shape index (κ3) is 3.04. The number of H-pyrrole nitrogens is 1. The summed E-state index contributed by atoms with van der Waals surface area (Å²) in [5, 5.41) is 0. The molecule has 15 heavy (non-hydrogen) atoms. The zero-order chi connectivity index (χ0) is 10.5. The van der Waals surface area contributed by atoms with Gasteiger partial charge in [0.25, 0.3) is 0 Å². The number of rotatable bonds is 1. The van der Waals surface area contributed by atoms with Crippen LogP contribution >= 0.6 is 8.51 Å². The molecule has 84 valence electrons. The predicted octanol–water partition coefficient (Wildman–Crippen LogP) is 4.52. The molecule has 1 fully saturated rings. The standard InChI is InChI=1S/C12H21N2P/c1-10-12(14-15-13-10)11-8-6-4-2-3-5-7-9-11/h11H,2-9H2,1H3,(H,13,14). The normalized spacial score (nSPS) is 21.1. The van der Waals surface area contributed by atoms with Gasteiger partial charge in [0.05, 0.1) is 5.69 Å². The van der Waals surface area contributed by atoms with Crippen LogP contribution in [0.2, 0.25) is 0 Å². The quantitative estimate of drug-likeness (QED) is 0.746. The molecule has 0 atom stereocenters. The Hall–Kier alpha value is -0.360. The van der Waals surface area contributed by atoms with Gasteiger partial charge < -0.3 is 4.75 Å². The minimum absolute atomic E-state index is 0.741. The summed E-state index contributed by atoms with van der Waals surface area (Å²) >= 11 is 0. The molecule has 1 aliphatic carbocycles. The highest BCUT2D eigenvalue weighted by molar-refractivity contribution is 7.20. The van der Waals surface area contributed by atoms with Crippen molar-refractivity contribution in [3.8, 4) is 0 Å². The monoisotopic (exact) mass is 224 g/mol. The van der Waals surface area contributed by atoms with Crippen molar-refractivity contribution < 1.29 is 0 Å². The molecule has 1 saturated carbocycles. The second kappa shape index (κ2) is 5.65. The van der Waals surface area contributed by atoms with E-state index in [1.807, 2.05) is 0 Å². The van der Waals surface area contributed by atoms with E-state index in [1.165, 1.54) is 62.8 Å². The van der Waals surface area contributed by atoms with E-state index >= 15 is 0 Å². The van der Waals surface area contributed by atoms with Gasteiger partial charge in [-0.05, 0) is 19.8 Å². The summed E-state index contributed by atoms with van der Waals surface area (Å²) in [5.74, 6) is 0.741. The molecule has 1 heterocycles. The largest absolute Gasteiger partial charge is 0.325 e. The maximum absolute atomic E-state index is 4.58. The summed E-state index contributed by atoms with van der Waals surface area (Å²) in [5.41, 5.74) is 2.69. The molecule has 2 rings (SSSR count). The van der Waals surface area contributed by atoms with Gasteiger partial charge in [0.2, 0.25) is 0 Å². The first-order chi connectivity index (χ1) is 7.38. The van der Waals surface area contributed by atoms with E-state index in [1.54, 1.807) is 0 Å². The lowest BCUT2D eigenvalue weighted by Crippen LogP contribution is -2.01. The number of aromatic nitrogens is 2. The van der Waals surface area contributed by atoms with E-state index in [4.69, 9.17) is 0 Å². The van der Waals surface area contributed by atoms with Crippen LogP contribution in [0.3, 0.4) is 0 Å². The third-order valence-electron chi connectivity index (χ3n) is 3.50. The minimum Gasteiger partial charge on any atom is -0.325 e. The van der Waals surface area contributed by atoms with Crippen LogP contribution in [0.15, 0.2) is 0 Å². The number of nitrogens with one attached hydrogen (secondary N) is 1. The van der Waals surface area contributed by atoms with Crippen molar-refractivity contribution in [3.05, 3.63) is 11.4 Å². The highest BCUT2D eigenvalue weighted by Crippen LogP contribution is 2.31. The van der Waals surface area contributed by atoms with Gasteiger partial charge in [-0.15, -0.1) is 0 Å². The van der Waals surface area contributed by atoms with Crippen LogP contribution in [-0.4, -0.2) is 9.49 Å². The van der Waals surface area contributed by atoms with Crippen LogP contribution in [-0.2, 0) is 0 Å². The van der Waals surface area contributed by atoms with Crippen LogP contribution in [0, 0.1) is 6.92 Å². The second-order valence-corrected chi connectivity index (χ2v) is 5.34. The molecule has 0 bridgehead atoms. The molecule has 2 nitrogen and oxygen atoms in total. The fourth-order valence-electron chi connectivity index (χ4n) is 2.58. The van der Waals surface area contributed by atoms with Gasteiger partial charge in [-0.25, -0.2) is 4.75 Å². The maximum Gasteiger partial charge on any atom is 0.129 e. The summed E-state index contributed by atoms with van der Waals surface area (Å²) in [4.78, 5) is 0. The number of hydrogen-bond donors (Lipinski definition) is 1. The lowest BCUT2D eigenvalue weighted by atomic mass is 9.93. The minimum atomic E-state index is 0.741. The lowest BCUT2D eigenvalue weighted by molar-refractivity contribution is 0.529. The molecule has 0 amide bonds. The van der Waals surface area contributed by atoms with Crippen molar-refractivity contribution in [1.29, 1.82) is 0 Å². The molecule has 1 aliphatic rings. The highest BCUT2D eigenvalue weighted by atomic mass is 31.1. The smallest absolute Gasteiger partial charge is 0.129 e. The zero-order valence-corrected chi connectivity index (χ0v) is 10.5. The lowest BCUT2D eigenvalue weighted by Gasteiger charge is -2.13. The number of nitrogens with zero attached hydrogens (tertiary/aromatic N) is 1. The average molecular weight is 224 g/mol. The molecular weight excluding hydrogens is 203 g/mol. The summed E-state index contributed by atoms with van der Waals surface area (Å²) < 4.78 is 7.89. The summed E-state index contributed by atoms with van der Waals surface area (Å²) in [6.07, 6.45) is 11.2. The van der Waals surface area contributed by atoms with Gasteiger partial charge in [0.1, 0.15) is 8.51 Å². The molecular formula is C12H21N2P. The van der Waals surface area contributed by atoms with E-state index in [2.05, 4.69) is 16.4 Å². The Kier molecular flexibility index (Phi) is 4.19. The highest BCUT2D eigenvalue weighted by Gasteiger charge is 2.16. The van der Waals surface area contributed by atoms with Crippen LogP contribution in [0.4, 0.5) is 0 Å². The average Bonchev–Trinajstić information content (AvgIpc) is 2.68. The van der Waals surface area contributed by atoms with E-state index in [9.17, 15) is 0 Å². The Balaban J connectivity index is 2.02. The SMILES string of the molecule is Cc1[nH]pnc1C1CCCCCCCC1. The molecule has 3 heteroatoms. The molecule has 1 aromatic heterocycles. The van der Waals surface area contributed by atoms with Gasteiger partial charge in [-0.1, -0.05) is 38.5 Å². The van der Waals surface area contributed by atoms with Gasteiger partial charge in [0.15, 0.2) is 0 Å². The molecule has 0 spiro atoms. The van der Waals surface area contributed by atoms with E-state index in [-0.39, 0.29) is 0 Å². The Morgan fingerprint density at radius 3 is 2.20 bits per heavy atom. The Morgan fingerprint density at radius 1 is 1.07 bits per heavy atom. The molecule has 0 unspecified atom stereocenters. The first-order valence-electron chi connectivity index (χ1n) is 6.25. The molecule has 0 saturated heterocycles. The van der Waals surface area contributed by atoms with Crippen LogP contribution in [0.1, 0.15) is 68.7 Å². The van der Waals surface area contributed by atoms with E-state index in [0.29, 0.717) is 0 Å². The molecule has 0 aromatic carbocycles. The van der Waals surface area contributed by atoms with Crippen molar-refractivity contribution in [2.24, 2.45) is 0 Å². The number of aromatic amines is 1. The third-order valence-corrected chi connectivity index (χ3v) is 4.25. The van der Waals surface area contributed by atoms with E-state index < -0.39 is 0 Å². The van der Waals surface area contributed by atoms with Crippen molar-refractivity contribution in [1.82, 2.24) is 9.49 Å². The van der Waals surface area contributed by atoms with Crippen molar-refractivity contribution in [3.63, 3.8) is 0 Å². The molecule has 1 aromatic rings. The molecule has 0 radical (unpaired) electrons. The van der Waals surface area contributed by atoms with Crippen LogP contribution < -0.4 is 0 Å². The fourth-order valence-corrected chi connectivity index (χ4v) is 3.32. The first kappa shape index (κ1) is 11.1. The Bertz CT molecular complexity index is 286. The Labute approximate surface area is 94.1 Å². The summed E-state index contributed by atoms with van der Waals surface area (Å²) in [7, 11) is 1.05. The summed E-state index contributed by atoms with van der Waals surface area (Å²) in [6.45, 7) is 2.17. The number of hydrogen-bond acceptors (Lipinski definition) is 1. The predicted molar refractivity (Wildman–Crippen MR) is 65.5 cm³/mol. The van der Waals surface area contributed by atoms with Crippen LogP contribution in [0.25, 0.3) is 0 Å². The van der Waals surface area contributed by atoms with Gasteiger partial charge >= 0.3 is 0 Å². The van der Waals surface area contributed by atoms with Gasteiger partial charge in [0, 0.05) is 11.6 Å². The van der Waals surface area contributed by atoms with Crippen molar-refractivity contribution in [2.75, 3.05) is 0 Å². The number of aryl methyl sites for hydroxylation is 1. The zero-order valence-electron chi connectivity index (χ0n) is 9.63. The fraction of sp³-hybridized carbons (Fsp3) is 0.833.